The SMILES string of the molecule is CC(=O)c1ccc(NC(=O)CCCc2nc(-c3ccco3)no2)cc1. The van der Waals surface area contributed by atoms with Gasteiger partial charge in [0.25, 0.3) is 0 Å². The lowest BCUT2D eigenvalue weighted by molar-refractivity contribution is -0.116. The van der Waals surface area contributed by atoms with E-state index in [2.05, 4.69) is 15.5 Å². The zero-order valence-electron chi connectivity index (χ0n) is 13.7. The maximum Gasteiger partial charge on any atom is 0.238 e. The van der Waals surface area contributed by atoms with Gasteiger partial charge < -0.3 is 14.3 Å². The summed E-state index contributed by atoms with van der Waals surface area (Å²) in [5.41, 5.74) is 1.27. The molecule has 0 atom stereocenters. The van der Waals surface area contributed by atoms with Gasteiger partial charge in [-0.1, -0.05) is 5.16 Å². The largest absolute Gasteiger partial charge is 0.461 e. The fraction of sp³-hybridized carbons (Fsp3) is 0.222. The third kappa shape index (κ3) is 4.41. The van der Waals surface area contributed by atoms with Crippen LogP contribution in [0.4, 0.5) is 5.69 Å². The molecule has 0 saturated heterocycles. The summed E-state index contributed by atoms with van der Waals surface area (Å²) in [6.07, 6.45) is 2.95. The number of Topliss-reactive ketones (excluding diaryl/α,β-unsaturated/α-hetero) is 1. The van der Waals surface area contributed by atoms with Crippen LogP contribution < -0.4 is 5.32 Å². The Morgan fingerprint density at radius 1 is 1.16 bits per heavy atom. The van der Waals surface area contributed by atoms with E-state index < -0.39 is 0 Å². The van der Waals surface area contributed by atoms with Crippen molar-refractivity contribution in [3.63, 3.8) is 0 Å². The van der Waals surface area contributed by atoms with Gasteiger partial charge in [0.05, 0.1) is 6.26 Å². The minimum Gasteiger partial charge on any atom is -0.461 e. The van der Waals surface area contributed by atoms with Gasteiger partial charge in [-0.15, -0.1) is 0 Å². The van der Waals surface area contributed by atoms with Crippen molar-refractivity contribution in [2.24, 2.45) is 0 Å². The van der Waals surface area contributed by atoms with Gasteiger partial charge in [-0.05, 0) is 49.7 Å². The van der Waals surface area contributed by atoms with E-state index in [9.17, 15) is 9.59 Å². The van der Waals surface area contributed by atoms with E-state index in [-0.39, 0.29) is 11.7 Å². The fourth-order valence-electron chi connectivity index (χ4n) is 2.27. The molecule has 7 nitrogen and oxygen atoms in total. The van der Waals surface area contributed by atoms with Crippen LogP contribution in [-0.4, -0.2) is 21.8 Å². The van der Waals surface area contributed by atoms with Crippen molar-refractivity contribution in [3.05, 3.63) is 54.1 Å². The average Bonchev–Trinajstić information content (AvgIpc) is 3.26. The van der Waals surface area contributed by atoms with Gasteiger partial charge in [0.15, 0.2) is 11.5 Å². The van der Waals surface area contributed by atoms with Gasteiger partial charge in [0.2, 0.25) is 17.6 Å². The van der Waals surface area contributed by atoms with Crippen LogP contribution in [0.1, 0.15) is 36.0 Å². The monoisotopic (exact) mass is 339 g/mol. The number of aromatic nitrogens is 2. The molecule has 7 heteroatoms. The lowest BCUT2D eigenvalue weighted by Gasteiger charge is -2.05. The summed E-state index contributed by atoms with van der Waals surface area (Å²) in [6.45, 7) is 1.50. The number of ketones is 1. The third-order valence-corrected chi connectivity index (χ3v) is 3.58. The first kappa shape index (κ1) is 16.6. The zero-order chi connectivity index (χ0) is 17.6. The first-order valence-corrected chi connectivity index (χ1v) is 7.89. The summed E-state index contributed by atoms with van der Waals surface area (Å²) in [6, 6.07) is 10.3. The number of benzene rings is 1. The second-order valence-corrected chi connectivity index (χ2v) is 5.52. The molecule has 1 amide bonds. The summed E-state index contributed by atoms with van der Waals surface area (Å²) in [7, 11) is 0. The van der Waals surface area contributed by atoms with Crippen LogP contribution in [-0.2, 0) is 11.2 Å². The second kappa shape index (κ2) is 7.57. The van der Waals surface area contributed by atoms with Crippen molar-refractivity contribution in [3.8, 4) is 11.6 Å². The van der Waals surface area contributed by atoms with Crippen molar-refractivity contribution < 1.29 is 18.5 Å². The Balaban J connectivity index is 1.45. The highest BCUT2D eigenvalue weighted by Crippen LogP contribution is 2.16. The van der Waals surface area contributed by atoms with E-state index in [1.165, 1.54) is 6.92 Å². The molecule has 2 aromatic heterocycles. The Morgan fingerprint density at radius 2 is 1.96 bits per heavy atom. The Kier molecular flexibility index (Phi) is 5.03. The lowest BCUT2D eigenvalue weighted by Crippen LogP contribution is -2.11. The molecular weight excluding hydrogens is 322 g/mol. The second-order valence-electron chi connectivity index (χ2n) is 5.52. The predicted molar refractivity (Wildman–Crippen MR) is 90.0 cm³/mol. The molecule has 1 N–H and O–H groups in total. The molecule has 25 heavy (non-hydrogen) atoms. The molecule has 0 unspecified atom stereocenters. The van der Waals surface area contributed by atoms with E-state index in [1.807, 2.05) is 0 Å². The minimum atomic E-state index is -0.110. The van der Waals surface area contributed by atoms with Gasteiger partial charge in [-0.25, -0.2) is 0 Å². The average molecular weight is 339 g/mol. The molecule has 0 aliphatic carbocycles. The van der Waals surface area contributed by atoms with Crippen molar-refractivity contribution in [2.45, 2.75) is 26.2 Å². The maximum absolute atomic E-state index is 12.0. The number of hydrogen-bond acceptors (Lipinski definition) is 6. The number of amides is 1. The normalized spacial score (nSPS) is 10.6. The maximum atomic E-state index is 12.0. The van der Waals surface area contributed by atoms with E-state index in [0.717, 1.165) is 0 Å². The third-order valence-electron chi connectivity index (χ3n) is 3.58. The number of rotatable bonds is 7. The number of hydrogen-bond donors (Lipinski definition) is 1. The standard InChI is InChI=1S/C18H17N3O4/c1-12(22)13-7-9-14(10-8-13)19-16(23)5-2-6-17-20-18(21-25-17)15-4-3-11-24-15/h3-4,7-11H,2,5-6H2,1H3,(H,19,23). The Hall–Kier alpha value is -3.22. The van der Waals surface area contributed by atoms with Crippen molar-refractivity contribution in [1.29, 1.82) is 0 Å². The molecule has 0 saturated carbocycles. The number of anilines is 1. The van der Waals surface area contributed by atoms with Crippen molar-refractivity contribution in [1.82, 2.24) is 10.1 Å². The summed E-state index contributed by atoms with van der Waals surface area (Å²) in [5, 5.41) is 6.63. The lowest BCUT2D eigenvalue weighted by atomic mass is 10.1. The highest BCUT2D eigenvalue weighted by Gasteiger charge is 2.11. The van der Waals surface area contributed by atoms with E-state index in [0.29, 0.717) is 48.0 Å². The molecule has 0 spiro atoms. The first-order valence-electron chi connectivity index (χ1n) is 7.89. The Labute approximate surface area is 144 Å². The van der Waals surface area contributed by atoms with Crippen LogP contribution in [0.3, 0.4) is 0 Å². The minimum absolute atomic E-state index is 0.00801. The molecule has 1 aromatic carbocycles. The number of nitrogens with zero attached hydrogens (tertiary/aromatic N) is 2. The van der Waals surface area contributed by atoms with Crippen LogP contribution in [0.15, 0.2) is 51.6 Å². The van der Waals surface area contributed by atoms with E-state index in [4.69, 9.17) is 8.94 Å². The number of nitrogens with one attached hydrogen (secondary N) is 1. The van der Waals surface area contributed by atoms with Gasteiger partial charge in [0.1, 0.15) is 0 Å². The quantitative estimate of drug-likeness (QED) is 0.662. The molecule has 0 aliphatic rings. The molecule has 2 heterocycles. The number of furan rings is 1. The Bertz CT molecular complexity index is 851. The summed E-state index contributed by atoms with van der Waals surface area (Å²) in [5.74, 6) is 1.29. The highest BCUT2D eigenvalue weighted by atomic mass is 16.5. The highest BCUT2D eigenvalue weighted by molar-refractivity contribution is 5.95. The van der Waals surface area contributed by atoms with Gasteiger partial charge in [-0.2, -0.15) is 4.98 Å². The number of aryl methyl sites for hydroxylation is 1. The number of carbonyl (C=O) groups excluding carboxylic acids is 2. The van der Waals surface area contributed by atoms with Crippen LogP contribution in [0.5, 0.6) is 0 Å². The summed E-state index contributed by atoms with van der Waals surface area (Å²) < 4.78 is 10.3. The van der Waals surface area contributed by atoms with Crippen LogP contribution in [0.2, 0.25) is 0 Å². The smallest absolute Gasteiger partial charge is 0.238 e. The van der Waals surface area contributed by atoms with Crippen molar-refractivity contribution >= 4 is 17.4 Å². The molecule has 3 aromatic rings. The van der Waals surface area contributed by atoms with Gasteiger partial charge >= 0.3 is 0 Å². The molecule has 3 rings (SSSR count). The topological polar surface area (TPSA) is 98.2 Å². The van der Waals surface area contributed by atoms with E-state index >= 15 is 0 Å². The zero-order valence-corrected chi connectivity index (χ0v) is 13.7. The van der Waals surface area contributed by atoms with Gasteiger partial charge in [0, 0.05) is 24.1 Å². The van der Waals surface area contributed by atoms with Crippen molar-refractivity contribution in [2.75, 3.05) is 5.32 Å². The van der Waals surface area contributed by atoms with Gasteiger partial charge in [-0.3, -0.25) is 9.59 Å². The van der Waals surface area contributed by atoms with Crippen LogP contribution in [0.25, 0.3) is 11.6 Å². The molecule has 0 fully saturated rings. The summed E-state index contributed by atoms with van der Waals surface area (Å²) >= 11 is 0. The van der Waals surface area contributed by atoms with Crippen LogP contribution >= 0.6 is 0 Å². The molecule has 0 radical (unpaired) electrons. The summed E-state index contributed by atoms with van der Waals surface area (Å²) in [4.78, 5) is 27.4. The number of carbonyl (C=O) groups is 2. The molecular formula is C18H17N3O4. The molecule has 0 bridgehead atoms. The predicted octanol–water partition coefficient (Wildman–Crippen LogP) is 3.49. The van der Waals surface area contributed by atoms with Crippen LogP contribution in [0, 0.1) is 0 Å². The first-order chi connectivity index (χ1) is 12.1. The fourth-order valence-corrected chi connectivity index (χ4v) is 2.27. The molecule has 0 aliphatic heterocycles. The molecule has 128 valence electrons. The van der Waals surface area contributed by atoms with E-state index in [1.54, 1.807) is 42.7 Å². The Morgan fingerprint density at radius 3 is 2.64 bits per heavy atom.